The van der Waals surface area contributed by atoms with Crippen molar-refractivity contribution in [2.45, 2.75) is 6.42 Å². The second-order valence-electron chi connectivity index (χ2n) is 3.49. The molecule has 4 nitrogen and oxygen atoms in total. The second-order valence-corrected chi connectivity index (χ2v) is 3.90. The number of carbonyl (C=O) groups is 1. The summed E-state index contributed by atoms with van der Waals surface area (Å²) in [4.78, 5) is 11.1. The minimum Gasteiger partial charge on any atom is -0.497 e. The van der Waals surface area contributed by atoms with Gasteiger partial charge in [0.15, 0.2) is 0 Å². The molecule has 0 aromatic heterocycles. The van der Waals surface area contributed by atoms with E-state index in [0.29, 0.717) is 18.0 Å². The van der Waals surface area contributed by atoms with Gasteiger partial charge in [0.1, 0.15) is 12.4 Å². The van der Waals surface area contributed by atoms with Crippen molar-refractivity contribution < 1.29 is 14.3 Å². The molecule has 94 valence electrons. The van der Waals surface area contributed by atoms with Gasteiger partial charge in [0, 0.05) is 18.7 Å². The van der Waals surface area contributed by atoms with E-state index in [4.69, 9.17) is 21.1 Å². The van der Waals surface area contributed by atoms with E-state index in [0.717, 1.165) is 11.3 Å². The Morgan fingerprint density at radius 3 is 2.76 bits per heavy atom. The van der Waals surface area contributed by atoms with Crippen molar-refractivity contribution in [2.75, 3.05) is 27.4 Å². The molecule has 0 aliphatic carbocycles. The molecular formula is C12H16ClNO3. The number of rotatable bonds is 6. The van der Waals surface area contributed by atoms with E-state index in [9.17, 15) is 4.79 Å². The van der Waals surface area contributed by atoms with Crippen LogP contribution in [0.25, 0.3) is 0 Å². The van der Waals surface area contributed by atoms with Crippen molar-refractivity contribution in [3.8, 4) is 5.75 Å². The molecule has 17 heavy (non-hydrogen) atoms. The lowest BCUT2D eigenvalue weighted by molar-refractivity contribution is -0.124. The Morgan fingerprint density at radius 2 is 2.18 bits per heavy atom. The zero-order valence-electron chi connectivity index (χ0n) is 9.96. The smallest absolute Gasteiger partial charge is 0.245 e. The van der Waals surface area contributed by atoms with Crippen LogP contribution in [0.1, 0.15) is 5.56 Å². The molecule has 0 saturated carbocycles. The average molecular weight is 258 g/mol. The van der Waals surface area contributed by atoms with Crippen LogP contribution < -0.4 is 10.1 Å². The van der Waals surface area contributed by atoms with E-state index in [2.05, 4.69) is 5.32 Å². The lowest BCUT2D eigenvalue weighted by Gasteiger charge is -2.07. The van der Waals surface area contributed by atoms with Gasteiger partial charge in [-0.15, -0.1) is 0 Å². The van der Waals surface area contributed by atoms with E-state index >= 15 is 0 Å². The summed E-state index contributed by atoms with van der Waals surface area (Å²) < 4.78 is 9.76. The van der Waals surface area contributed by atoms with E-state index in [1.165, 1.54) is 7.11 Å². The summed E-state index contributed by atoms with van der Waals surface area (Å²) in [7, 11) is 3.08. The number of halogens is 1. The molecule has 1 aromatic rings. The molecule has 0 bridgehead atoms. The van der Waals surface area contributed by atoms with Crippen molar-refractivity contribution in [3.63, 3.8) is 0 Å². The van der Waals surface area contributed by atoms with Gasteiger partial charge in [-0.1, -0.05) is 17.7 Å². The third-order valence-corrected chi connectivity index (χ3v) is 2.60. The predicted molar refractivity (Wildman–Crippen MR) is 66.6 cm³/mol. The van der Waals surface area contributed by atoms with Gasteiger partial charge < -0.3 is 14.8 Å². The maximum absolute atomic E-state index is 11.1. The monoisotopic (exact) mass is 257 g/mol. The Morgan fingerprint density at radius 1 is 1.41 bits per heavy atom. The lowest BCUT2D eigenvalue weighted by Crippen LogP contribution is -2.29. The van der Waals surface area contributed by atoms with Gasteiger partial charge in [0.05, 0.1) is 7.11 Å². The Labute approximate surface area is 106 Å². The van der Waals surface area contributed by atoms with Gasteiger partial charge in [-0.25, -0.2) is 0 Å². The van der Waals surface area contributed by atoms with Crippen molar-refractivity contribution in [1.82, 2.24) is 5.32 Å². The van der Waals surface area contributed by atoms with Crippen molar-refractivity contribution in [3.05, 3.63) is 28.8 Å². The van der Waals surface area contributed by atoms with Crippen LogP contribution in [0.3, 0.4) is 0 Å². The summed E-state index contributed by atoms with van der Waals surface area (Å²) in [6.45, 7) is 0.616. The average Bonchev–Trinajstić information content (AvgIpc) is 2.31. The van der Waals surface area contributed by atoms with Crippen LogP contribution in [0, 0.1) is 0 Å². The minimum absolute atomic E-state index is 0.0797. The quantitative estimate of drug-likeness (QED) is 0.843. The SMILES string of the molecule is COCC(=O)NCCc1ccc(OC)cc1Cl. The van der Waals surface area contributed by atoms with Gasteiger partial charge in [0.2, 0.25) is 5.91 Å². The van der Waals surface area contributed by atoms with Crippen LogP contribution in [0.2, 0.25) is 5.02 Å². The summed E-state index contributed by atoms with van der Waals surface area (Å²) in [6.07, 6.45) is 0.679. The Kier molecular flexibility index (Phi) is 5.80. The van der Waals surface area contributed by atoms with Crippen molar-refractivity contribution >= 4 is 17.5 Å². The number of carbonyl (C=O) groups excluding carboxylic acids is 1. The molecule has 1 rings (SSSR count). The standard InChI is InChI=1S/C12H16ClNO3/c1-16-8-12(15)14-6-5-9-3-4-10(17-2)7-11(9)13/h3-4,7H,5-6,8H2,1-2H3,(H,14,15). The fourth-order valence-corrected chi connectivity index (χ4v) is 1.64. The van der Waals surface area contributed by atoms with Crippen LogP contribution in [0.15, 0.2) is 18.2 Å². The Bertz CT molecular complexity index is 382. The van der Waals surface area contributed by atoms with Crippen LogP contribution in [0.4, 0.5) is 0 Å². The normalized spacial score (nSPS) is 10.1. The third kappa shape index (κ3) is 4.63. The highest BCUT2D eigenvalue weighted by Gasteiger charge is 2.03. The number of nitrogens with one attached hydrogen (secondary N) is 1. The molecular weight excluding hydrogens is 242 g/mol. The second kappa shape index (κ2) is 7.14. The largest absolute Gasteiger partial charge is 0.497 e. The van der Waals surface area contributed by atoms with Crippen molar-refractivity contribution in [1.29, 1.82) is 0 Å². The molecule has 0 heterocycles. The zero-order chi connectivity index (χ0) is 12.7. The zero-order valence-corrected chi connectivity index (χ0v) is 10.7. The maximum Gasteiger partial charge on any atom is 0.245 e. The Balaban J connectivity index is 2.44. The summed E-state index contributed by atoms with van der Waals surface area (Å²) >= 11 is 6.07. The van der Waals surface area contributed by atoms with Crippen molar-refractivity contribution in [2.24, 2.45) is 0 Å². The molecule has 0 aliphatic heterocycles. The molecule has 5 heteroatoms. The van der Waals surface area contributed by atoms with Crippen LogP contribution in [-0.2, 0) is 16.0 Å². The molecule has 0 unspecified atom stereocenters. The van der Waals surface area contributed by atoms with Gasteiger partial charge in [-0.05, 0) is 24.1 Å². The topological polar surface area (TPSA) is 47.6 Å². The van der Waals surface area contributed by atoms with Gasteiger partial charge in [-0.3, -0.25) is 4.79 Å². The number of methoxy groups -OCH3 is 2. The number of benzene rings is 1. The molecule has 0 fully saturated rings. The molecule has 0 radical (unpaired) electrons. The van der Waals surface area contributed by atoms with Crippen LogP contribution in [-0.4, -0.2) is 33.3 Å². The van der Waals surface area contributed by atoms with E-state index in [-0.39, 0.29) is 12.5 Å². The van der Waals surface area contributed by atoms with Crippen LogP contribution >= 0.6 is 11.6 Å². The fraction of sp³-hybridized carbons (Fsp3) is 0.417. The van der Waals surface area contributed by atoms with E-state index in [1.54, 1.807) is 13.2 Å². The lowest BCUT2D eigenvalue weighted by atomic mass is 10.1. The van der Waals surface area contributed by atoms with Gasteiger partial charge in [0.25, 0.3) is 0 Å². The van der Waals surface area contributed by atoms with Gasteiger partial charge >= 0.3 is 0 Å². The first kappa shape index (κ1) is 13.8. The predicted octanol–water partition coefficient (Wildman–Crippen LogP) is 1.65. The van der Waals surface area contributed by atoms with E-state index < -0.39 is 0 Å². The van der Waals surface area contributed by atoms with Gasteiger partial charge in [-0.2, -0.15) is 0 Å². The van der Waals surface area contributed by atoms with E-state index in [1.807, 2.05) is 12.1 Å². The minimum atomic E-state index is -0.128. The summed E-state index contributed by atoms with van der Waals surface area (Å²) in [5, 5.41) is 3.38. The Hall–Kier alpha value is -1.26. The number of hydrogen-bond donors (Lipinski definition) is 1. The number of hydrogen-bond acceptors (Lipinski definition) is 3. The molecule has 0 spiro atoms. The number of ether oxygens (including phenoxy) is 2. The molecule has 1 N–H and O–H groups in total. The molecule has 0 aliphatic rings. The fourth-order valence-electron chi connectivity index (χ4n) is 1.38. The summed E-state index contributed by atoms with van der Waals surface area (Å²) in [6, 6.07) is 5.50. The highest BCUT2D eigenvalue weighted by atomic mass is 35.5. The summed E-state index contributed by atoms with van der Waals surface area (Å²) in [5.41, 5.74) is 0.977. The highest BCUT2D eigenvalue weighted by Crippen LogP contribution is 2.22. The first-order valence-corrected chi connectivity index (χ1v) is 5.63. The first-order chi connectivity index (χ1) is 8.17. The molecule has 0 atom stereocenters. The number of amides is 1. The summed E-state index contributed by atoms with van der Waals surface area (Å²) in [5.74, 6) is 0.597. The molecule has 1 amide bonds. The molecule has 1 aromatic carbocycles. The maximum atomic E-state index is 11.1. The first-order valence-electron chi connectivity index (χ1n) is 5.25. The third-order valence-electron chi connectivity index (χ3n) is 2.25. The van der Waals surface area contributed by atoms with Crippen LogP contribution in [0.5, 0.6) is 5.75 Å². The highest BCUT2D eigenvalue weighted by molar-refractivity contribution is 6.31. The molecule has 0 saturated heterocycles.